The van der Waals surface area contributed by atoms with Crippen LogP contribution in [0.5, 0.6) is 0 Å². The van der Waals surface area contributed by atoms with Crippen LogP contribution in [0.2, 0.25) is 0 Å². The van der Waals surface area contributed by atoms with E-state index in [0.29, 0.717) is 21.5 Å². The van der Waals surface area contributed by atoms with Crippen LogP contribution in [-0.4, -0.2) is 11.7 Å². The summed E-state index contributed by atoms with van der Waals surface area (Å²) < 4.78 is -0.139. The highest BCUT2D eigenvalue weighted by atomic mass is 32.1. The van der Waals surface area contributed by atoms with Crippen LogP contribution in [0, 0.1) is 0 Å². The van der Waals surface area contributed by atoms with Gasteiger partial charge in [0.2, 0.25) is 4.74 Å². The molecule has 0 radical (unpaired) electrons. The number of Topliss-reactive ketones (excluding diaryl/α,β-unsaturated/α-hetero) is 1. The van der Waals surface area contributed by atoms with Crippen LogP contribution in [0.4, 0.5) is 5.69 Å². The number of benzene rings is 2. The Hall–Kier alpha value is -2.79. The van der Waals surface area contributed by atoms with Crippen LogP contribution in [0.3, 0.4) is 0 Å². The minimum Gasteiger partial charge on any atom is -0.321 e. The van der Waals surface area contributed by atoms with Gasteiger partial charge in [-0.3, -0.25) is 14.4 Å². The van der Waals surface area contributed by atoms with Gasteiger partial charge >= 0.3 is 0 Å². The van der Waals surface area contributed by atoms with Crippen LogP contribution >= 0.6 is 11.3 Å². The van der Waals surface area contributed by atoms with Crippen LogP contribution in [0.15, 0.2) is 59.4 Å². The third-order valence-electron chi connectivity index (χ3n) is 3.44. The first-order valence-electron chi connectivity index (χ1n) is 7.00. The molecule has 0 saturated heterocycles. The number of rotatable bonds is 3. The minimum absolute atomic E-state index is 0.0318. The number of amides is 1. The molecule has 1 N–H and O–H groups in total. The van der Waals surface area contributed by atoms with Crippen LogP contribution in [-0.2, 0) is 0 Å². The van der Waals surface area contributed by atoms with E-state index in [-0.39, 0.29) is 16.4 Å². The Kier molecular flexibility index (Phi) is 4.04. The molecule has 0 saturated carbocycles. The zero-order valence-corrected chi connectivity index (χ0v) is 13.1. The molecule has 0 atom stereocenters. The Morgan fingerprint density at radius 1 is 1.00 bits per heavy atom. The highest BCUT2D eigenvalue weighted by Gasteiger charge is 2.11. The predicted molar refractivity (Wildman–Crippen MR) is 92.5 cm³/mol. The van der Waals surface area contributed by atoms with Gasteiger partial charge in [0, 0.05) is 16.6 Å². The Labute approximate surface area is 136 Å². The van der Waals surface area contributed by atoms with Gasteiger partial charge in [0.05, 0.1) is 4.88 Å². The smallest absolute Gasteiger partial charge is 0.265 e. The number of carbonyl (C=O) groups excluding carboxylic acids is 2. The summed E-state index contributed by atoms with van der Waals surface area (Å²) >= 11 is 0.920. The van der Waals surface area contributed by atoms with Gasteiger partial charge in [0.1, 0.15) is 0 Å². The molecular weight excluding hydrogens is 310 g/mol. The van der Waals surface area contributed by atoms with Crippen molar-refractivity contribution in [1.82, 2.24) is 0 Å². The highest BCUT2D eigenvalue weighted by molar-refractivity contribution is 7.12. The second-order valence-electron chi connectivity index (χ2n) is 5.07. The molecule has 0 bridgehead atoms. The molecule has 5 heteroatoms. The summed E-state index contributed by atoms with van der Waals surface area (Å²) in [6.07, 6.45) is 0. The second-order valence-corrected chi connectivity index (χ2v) is 6.09. The van der Waals surface area contributed by atoms with E-state index in [9.17, 15) is 14.4 Å². The molecule has 1 heterocycles. The number of anilines is 1. The van der Waals surface area contributed by atoms with Gasteiger partial charge in [-0.1, -0.05) is 29.5 Å². The van der Waals surface area contributed by atoms with Crippen LogP contribution in [0.25, 0.3) is 10.8 Å². The Morgan fingerprint density at radius 3 is 2.39 bits per heavy atom. The van der Waals surface area contributed by atoms with E-state index in [1.165, 1.54) is 6.92 Å². The van der Waals surface area contributed by atoms with Crippen molar-refractivity contribution >= 4 is 39.5 Å². The maximum atomic E-state index is 12.3. The monoisotopic (exact) mass is 323 g/mol. The molecule has 3 aromatic rings. The second kappa shape index (κ2) is 6.14. The molecule has 1 aromatic heterocycles. The summed E-state index contributed by atoms with van der Waals surface area (Å²) in [5.41, 5.74) is 1.16. The van der Waals surface area contributed by atoms with Crippen LogP contribution < -0.4 is 10.1 Å². The summed E-state index contributed by atoms with van der Waals surface area (Å²) in [6, 6.07) is 15.5. The van der Waals surface area contributed by atoms with Crippen molar-refractivity contribution in [1.29, 1.82) is 0 Å². The molecule has 0 aliphatic carbocycles. The zero-order valence-electron chi connectivity index (χ0n) is 12.3. The molecule has 2 aromatic carbocycles. The molecule has 0 spiro atoms. The summed E-state index contributed by atoms with van der Waals surface area (Å²) in [6.45, 7) is 1.49. The van der Waals surface area contributed by atoms with Crippen molar-refractivity contribution < 1.29 is 9.59 Å². The third kappa shape index (κ3) is 3.19. The fourth-order valence-electron chi connectivity index (χ4n) is 2.23. The lowest BCUT2D eigenvalue weighted by atomic mass is 10.1. The first-order chi connectivity index (χ1) is 11.0. The minimum atomic E-state index is -0.339. The Morgan fingerprint density at radius 2 is 1.70 bits per heavy atom. The molecule has 4 nitrogen and oxygen atoms in total. The molecule has 3 rings (SSSR count). The maximum absolute atomic E-state index is 12.3. The normalized spacial score (nSPS) is 10.5. The first kappa shape index (κ1) is 15.1. The summed E-state index contributed by atoms with van der Waals surface area (Å²) in [5.74, 6) is -0.371. The summed E-state index contributed by atoms with van der Waals surface area (Å²) in [5, 5.41) is 4.09. The number of fused-ring (bicyclic) bond motifs is 1. The van der Waals surface area contributed by atoms with Crippen molar-refractivity contribution in [3.63, 3.8) is 0 Å². The Bertz CT molecular complexity index is 958. The van der Waals surface area contributed by atoms with Crippen molar-refractivity contribution in [2.45, 2.75) is 6.92 Å². The lowest BCUT2D eigenvalue weighted by molar-refractivity contribution is 0.101. The van der Waals surface area contributed by atoms with Gasteiger partial charge in [-0.25, -0.2) is 0 Å². The van der Waals surface area contributed by atoms with Crippen molar-refractivity contribution in [3.8, 4) is 0 Å². The SMILES string of the molecule is CC(=O)c1ccc(NC(=O)c2cc3ccccc3c(=O)s2)cc1. The van der Waals surface area contributed by atoms with E-state index >= 15 is 0 Å². The quantitative estimate of drug-likeness (QED) is 0.747. The van der Waals surface area contributed by atoms with E-state index in [2.05, 4.69) is 5.32 Å². The Balaban J connectivity index is 1.88. The van der Waals surface area contributed by atoms with E-state index in [4.69, 9.17) is 0 Å². The molecular formula is C18H13NO3S. The average molecular weight is 323 g/mol. The lowest BCUT2D eigenvalue weighted by Crippen LogP contribution is -2.13. The fraction of sp³-hybridized carbons (Fsp3) is 0.0556. The lowest BCUT2D eigenvalue weighted by Gasteiger charge is -2.06. The van der Waals surface area contributed by atoms with E-state index in [1.807, 2.05) is 12.1 Å². The van der Waals surface area contributed by atoms with Crippen LogP contribution in [0.1, 0.15) is 27.0 Å². The predicted octanol–water partition coefficient (Wildman–Crippen LogP) is 3.72. The molecule has 0 aliphatic heterocycles. The van der Waals surface area contributed by atoms with Gasteiger partial charge in [-0.2, -0.15) is 0 Å². The number of nitrogens with one attached hydrogen (secondary N) is 1. The topological polar surface area (TPSA) is 63.2 Å². The van der Waals surface area contributed by atoms with Crippen molar-refractivity contribution in [3.05, 3.63) is 74.6 Å². The van der Waals surface area contributed by atoms with Crippen molar-refractivity contribution in [2.75, 3.05) is 5.32 Å². The zero-order chi connectivity index (χ0) is 16.4. The van der Waals surface area contributed by atoms with E-state index < -0.39 is 0 Å². The molecule has 114 valence electrons. The van der Waals surface area contributed by atoms with Gasteiger partial charge < -0.3 is 5.32 Å². The number of hydrogen-bond acceptors (Lipinski definition) is 4. The van der Waals surface area contributed by atoms with E-state index in [1.54, 1.807) is 42.5 Å². The number of hydrogen-bond donors (Lipinski definition) is 1. The molecule has 0 unspecified atom stereocenters. The van der Waals surface area contributed by atoms with Gasteiger partial charge in [-0.05, 0) is 48.7 Å². The third-order valence-corrected chi connectivity index (χ3v) is 4.37. The van der Waals surface area contributed by atoms with Gasteiger partial charge in [0.25, 0.3) is 5.91 Å². The van der Waals surface area contributed by atoms with E-state index in [0.717, 1.165) is 16.7 Å². The average Bonchev–Trinajstić information content (AvgIpc) is 2.55. The molecule has 0 aliphatic rings. The number of carbonyl (C=O) groups is 2. The molecule has 0 fully saturated rings. The fourth-order valence-corrected chi connectivity index (χ4v) is 3.05. The molecule has 1 amide bonds. The summed E-state index contributed by atoms with van der Waals surface area (Å²) in [7, 11) is 0. The standard InChI is InChI=1S/C18H13NO3S/c1-11(20)12-6-8-14(9-7-12)19-17(21)16-10-13-4-2-3-5-15(13)18(22)23-16/h2-10H,1H3,(H,19,21). The van der Waals surface area contributed by atoms with Crippen molar-refractivity contribution in [2.24, 2.45) is 0 Å². The highest BCUT2D eigenvalue weighted by Crippen LogP contribution is 2.17. The van der Waals surface area contributed by atoms with Gasteiger partial charge in [-0.15, -0.1) is 0 Å². The number of ketones is 1. The first-order valence-corrected chi connectivity index (χ1v) is 7.81. The van der Waals surface area contributed by atoms with Gasteiger partial charge in [0.15, 0.2) is 5.78 Å². The largest absolute Gasteiger partial charge is 0.321 e. The summed E-state index contributed by atoms with van der Waals surface area (Å²) in [4.78, 5) is 36.0. The maximum Gasteiger partial charge on any atom is 0.265 e. The molecule has 23 heavy (non-hydrogen) atoms.